The predicted octanol–water partition coefficient (Wildman–Crippen LogP) is 4.53. The maximum atomic E-state index is 12.3. The minimum absolute atomic E-state index is 0.141. The molecule has 176 valence electrons. The van der Waals surface area contributed by atoms with Crippen LogP contribution in [0.15, 0.2) is 71.8 Å². The van der Waals surface area contributed by atoms with Gasteiger partial charge in [-0.2, -0.15) is 5.10 Å². The van der Waals surface area contributed by atoms with Gasteiger partial charge < -0.3 is 19.5 Å². The van der Waals surface area contributed by atoms with E-state index in [0.29, 0.717) is 40.1 Å². The second kappa shape index (κ2) is 12.3. The number of hydrogen-bond donors (Lipinski definition) is 2. The Bertz CT molecular complexity index is 1150. The highest BCUT2D eigenvalue weighted by Gasteiger charge is 2.10. The normalized spacial score (nSPS) is 10.6. The van der Waals surface area contributed by atoms with Crippen LogP contribution in [0.5, 0.6) is 17.2 Å². The zero-order chi connectivity index (χ0) is 24.3. The van der Waals surface area contributed by atoms with E-state index in [1.807, 2.05) is 6.92 Å². The monoisotopic (exact) mass is 481 g/mol. The van der Waals surface area contributed by atoms with Gasteiger partial charge in [0.25, 0.3) is 11.8 Å². The average molecular weight is 482 g/mol. The summed E-state index contributed by atoms with van der Waals surface area (Å²) in [5, 5.41) is 7.29. The number of hydrazone groups is 1. The SMILES string of the molecule is CCOc1ccc(C(=O)N/N=C/c2ccc(OCC(=O)Nc3ccc(Cl)cc3)cc2)cc1OC. The van der Waals surface area contributed by atoms with Crippen LogP contribution in [0.1, 0.15) is 22.8 Å². The number of nitrogens with one attached hydrogen (secondary N) is 2. The number of amides is 2. The molecule has 0 aromatic heterocycles. The largest absolute Gasteiger partial charge is 0.493 e. The Morgan fingerprint density at radius 3 is 2.38 bits per heavy atom. The van der Waals surface area contributed by atoms with Gasteiger partial charge in [0.05, 0.1) is 19.9 Å². The van der Waals surface area contributed by atoms with E-state index in [0.717, 1.165) is 5.56 Å². The van der Waals surface area contributed by atoms with Gasteiger partial charge in [-0.1, -0.05) is 11.6 Å². The summed E-state index contributed by atoms with van der Waals surface area (Å²) in [6, 6.07) is 18.6. The minimum atomic E-state index is -0.385. The molecule has 3 aromatic carbocycles. The van der Waals surface area contributed by atoms with Gasteiger partial charge in [0, 0.05) is 16.3 Å². The number of methoxy groups -OCH3 is 1. The highest BCUT2D eigenvalue weighted by atomic mass is 35.5. The van der Waals surface area contributed by atoms with Crippen LogP contribution in [-0.2, 0) is 4.79 Å². The van der Waals surface area contributed by atoms with Crippen molar-refractivity contribution in [3.8, 4) is 17.2 Å². The molecule has 2 amide bonds. The van der Waals surface area contributed by atoms with Crippen LogP contribution in [0.3, 0.4) is 0 Å². The van der Waals surface area contributed by atoms with Gasteiger partial charge in [0.1, 0.15) is 5.75 Å². The molecule has 0 bridgehead atoms. The van der Waals surface area contributed by atoms with Gasteiger partial charge in [-0.05, 0) is 79.2 Å². The Labute approximate surface area is 202 Å². The van der Waals surface area contributed by atoms with Gasteiger partial charge in [0.2, 0.25) is 0 Å². The third kappa shape index (κ3) is 7.25. The number of hydrogen-bond acceptors (Lipinski definition) is 6. The van der Waals surface area contributed by atoms with Crippen LogP contribution in [-0.4, -0.2) is 38.4 Å². The summed E-state index contributed by atoms with van der Waals surface area (Å²) in [4.78, 5) is 24.3. The molecule has 8 nitrogen and oxygen atoms in total. The second-order valence-electron chi connectivity index (χ2n) is 6.91. The standard InChI is InChI=1S/C25H24ClN3O5/c1-3-33-22-13-6-18(14-23(22)32-2)25(31)29-27-15-17-4-11-21(12-5-17)34-16-24(30)28-20-9-7-19(26)8-10-20/h4-15H,3,16H2,1-2H3,(H,28,30)(H,29,31)/b27-15+. The molecule has 2 N–H and O–H groups in total. The molecule has 0 saturated carbocycles. The first-order valence-corrected chi connectivity index (χ1v) is 10.8. The molecule has 9 heteroatoms. The van der Waals surface area contributed by atoms with Crippen molar-refractivity contribution >= 4 is 35.3 Å². The first-order chi connectivity index (χ1) is 16.5. The summed E-state index contributed by atoms with van der Waals surface area (Å²) in [6.45, 7) is 2.22. The van der Waals surface area contributed by atoms with E-state index in [9.17, 15) is 9.59 Å². The van der Waals surface area contributed by atoms with Gasteiger partial charge >= 0.3 is 0 Å². The molecule has 34 heavy (non-hydrogen) atoms. The summed E-state index contributed by atoms with van der Waals surface area (Å²) >= 11 is 5.83. The van der Waals surface area contributed by atoms with Crippen LogP contribution < -0.4 is 25.0 Å². The quantitative estimate of drug-likeness (QED) is 0.327. The van der Waals surface area contributed by atoms with E-state index in [1.165, 1.54) is 13.3 Å². The summed E-state index contributed by atoms with van der Waals surface area (Å²) < 4.78 is 16.2. The molecule has 0 radical (unpaired) electrons. The topological polar surface area (TPSA) is 98.3 Å². The molecule has 0 spiro atoms. The van der Waals surface area contributed by atoms with E-state index in [4.69, 9.17) is 25.8 Å². The maximum absolute atomic E-state index is 12.3. The van der Waals surface area contributed by atoms with Gasteiger partial charge in [-0.25, -0.2) is 5.43 Å². The lowest BCUT2D eigenvalue weighted by atomic mass is 10.2. The van der Waals surface area contributed by atoms with Crippen molar-refractivity contribution in [1.82, 2.24) is 5.43 Å². The lowest BCUT2D eigenvalue weighted by Gasteiger charge is -2.10. The van der Waals surface area contributed by atoms with Gasteiger partial charge in [-0.15, -0.1) is 0 Å². The van der Waals surface area contributed by atoms with E-state index < -0.39 is 0 Å². The first-order valence-electron chi connectivity index (χ1n) is 10.4. The van der Waals surface area contributed by atoms with Gasteiger partial charge in [-0.3, -0.25) is 9.59 Å². The summed E-state index contributed by atoms with van der Waals surface area (Å²) in [5.74, 6) is 0.880. The molecule has 0 fully saturated rings. The smallest absolute Gasteiger partial charge is 0.271 e. The molecule has 0 saturated heterocycles. The van der Waals surface area contributed by atoms with Crippen molar-refractivity contribution in [2.24, 2.45) is 5.10 Å². The highest BCUT2D eigenvalue weighted by Crippen LogP contribution is 2.28. The van der Waals surface area contributed by atoms with Gasteiger partial charge in [0.15, 0.2) is 18.1 Å². The zero-order valence-electron chi connectivity index (χ0n) is 18.7. The first kappa shape index (κ1) is 24.6. The summed E-state index contributed by atoms with van der Waals surface area (Å²) in [5.41, 5.74) is 4.23. The fourth-order valence-corrected chi connectivity index (χ4v) is 2.97. The molecular formula is C25H24ClN3O5. The fraction of sp³-hybridized carbons (Fsp3) is 0.160. The number of ether oxygens (including phenoxy) is 3. The van der Waals surface area contributed by atoms with E-state index in [-0.39, 0.29) is 18.4 Å². The number of carbonyl (C=O) groups is 2. The van der Waals surface area contributed by atoms with E-state index in [1.54, 1.807) is 66.7 Å². The lowest BCUT2D eigenvalue weighted by Crippen LogP contribution is -2.20. The van der Waals surface area contributed by atoms with Crippen molar-refractivity contribution in [2.75, 3.05) is 25.6 Å². The third-order valence-electron chi connectivity index (χ3n) is 4.48. The number of halogens is 1. The molecule has 0 atom stereocenters. The lowest BCUT2D eigenvalue weighted by molar-refractivity contribution is -0.118. The Hall–Kier alpha value is -4.04. The predicted molar refractivity (Wildman–Crippen MR) is 131 cm³/mol. The van der Waals surface area contributed by atoms with Crippen molar-refractivity contribution in [1.29, 1.82) is 0 Å². The molecule has 3 aromatic rings. The Morgan fingerprint density at radius 2 is 1.71 bits per heavy atom. The molecule has 0 aliphatic carbocycles. The summed E-state index contributed by atoms with van der Waals surface area (Å²) in [7, 11) is 1.51. The van der Waals surface area contributed by atoms with E-state index >= 15 is 0 Å². The highest BCUT2D eigenvalue weighted by molar-refractivity contribution is 6.30. The molecule has 0 aliphatic rings. The number of benzene rings is 3. The van der Waals surface area contributed by atoms with Crippen LogP contribution >= 0.6 is 11.6 Å². The van der Waals surface area contributed by atoms with Crippen LogP contribution in [0.4, 0.5) is 5.69 Å². The minimum Gasteiger partial charge on any atom is -0.493 e. The molecule has 3 rings (SSSR count). The average Bonchev–Trinajstić information content (AvgIpc) is 2.85. The fourth-order valence-electron chi connectivity index (χ4n) is 2.84. The summed E-state index contributed by atoms with van der Waals surface area (Å²) in [6.07, 6.45) is 1.50. The Kier molecular flexibility index (Phi) is 8.88. The zero-order valence-corrected chi connectivity index (χ0v) is 19.5. The maximum Gasteiger partial charge on any atom is 0.271 e. The number of nitrogens with zero attached hydrogens (tertiary/aromatic N) is 1. The Balaban J connectivity index is 1.48. The number of carbonyl (C=O) groups excluding carboxylic acids is 2. The second-order valence-corrected chi connectivity index (χ2v) is 7.35. The van der Waals surface area contributed by atoms with Crippen molar-refractivity contribution in [2.45, 2.75) is 6.92 Å². The van der Waals surface area contributed by atoms with Crippen LogP contribution in [0, 0.1) is 0 Å². The van der Waals surface area contributed by atoms with Crippen molar-refractivity contribution in [3.63, 3.8) is 0 Å². The molecular weight excluding hydrogens is 458 g/mol. The molecule has 0 unspecified atom stereocenters. The number of anilines is 1. The van der Waals surface area contributed by atoms with E-state index in [2.05, 4.69) is 15.8 Å². The molecule has 0 aliphatic heterocycles. The van der Waals surface area contributed by atoms with Crippen molar-refractivity contribution in [3.05, 3.63) is 82.9 Å². The third-order valence-corrected chi connectivity index (χ3v) is 4.74. The Morgan fingerprint density at radius 1 is 0.971 bits per heavy atom. The van der Waals surface area contributed by atoms with Crippen LogP contribution in [0.25, 0.3) is 0 Å². The van der Waals surface area contributed by atoms with Crippen molar-refractivity contribution < 1.29 is 23.8 Å². The van der Waals surface area contributed by atoms with Crippen LogP contribution in [0.2, 0.25) is 5.02 Å². The number of rotatable bonds is 10. The molecule has 0 heterocycles.